The van der Waals surface area contributed by atoms with E-state index in [4.69, 9.17) is 0 Å². The third-order valence-corrected chi connectivity index (χ3v) is 21.4. The van der Waals surface area contributed by atoms with E-state index in [1.54, 1.807) is 0 Å². The minimum absolute atomic E-state index is 0.0103. The largest absolute Gasteiger partial charge is 0.311 e. The lowest BCUT2D eigenvalue weighted by Crippen LogP contribution is -2.61. The Labute approximate surface area is 584 Å². The van der Waals surface area contributed by atoms with Gasteiger partial charge >= 0.3 is 0 Å². The number of hydrogen-bond acceptors (Lipinski definition) is 2. The highest BCUT2D eigenvalue weighted by Crippen LogP contribution is 2.53. The monoisotopic (exact) mass is 1280 g/mol. The van der Waals surface area contributed by atoms with Crippen LogP contribution in [0.3, 0.4) is 0 Å². The van der Waals surface area contributed by atoms with E-state index in [1.165, 1.54) is 133 Å². The van der Waals surface area contributed by atoms with Crippen LogP contribution in [0.5, 0.6) is 0 Å². The molecule has 0 saturated carbocycles. The van der Waals surface area contributed by atoms with E-state index in [9.17, 15) is 0 Å². The third kappa shape index (κ3) is 10.1. The van der Waals surface area contributed by atoms with Crippen LogP contribution in [-0.2, 0) is 21.7 Å². The summed E-state index contributed by atoms with van der Waals surface area (Å²) in [4.78, 5) is 5.33. The summed E-state index contributed by atoms with van der Waals surface area (Å²) in [7, 11) is 0. The second-order valence-electron chi connectivity index (χ2n) is 31.7. The second-order valence-corrected chi connectivity index (χ2v) is 31.7. The minimum Gasteiger partial charge on any atom is -0.311 e. The fourth-order valence-corrected chi connectivity index (χ4v) is 16.2. The van der Waals surface area contributed by atoms with Crippen LogP contribution < -0.4 is 26.2 Å². The quantitative estimate of drug-likeness (QED) is 0.141. The number of hydrogen-bond donors (Lipinski definition) is 0. The summed E-state index contributed by atoms with van der Waals surface area (Å²) in [5, 5.41) is 4.95. The lowest BCUT2D eigenvalue weighted by atomic mass is 9.33. The van der Waals surface area contributed by atoms with Crippen molar-refractivity contribution in [1.29, 1.82) is 0 Å². The molecule has 0 aliphatic carbocycles. The van der Waals surface area contributed by atoms with Gasteiger partial charge in [-0.1, -0.05) is 295 Å². The van der Waals surface area contributed by atoms with Gasteiger partial charge in [0, 0.05) is 72.2 Å². The zero-order chi connectivity index (χ0) is 68.0. The maximum Gasteiger partial charge on any atom is 0.253 e. The van der Waals surface area contributed by atoms with E-state index in [0.717, 1.165) is 39.5 Å². The van der Waals surface area contributed by atoms with Gasteiger partial charge in [-0.2, -0.15) is 0 Å². The molecule has 17 rings (SSSR count). The predicted molar refractivity (Wildman–Crippen MR) is 426 cm³/mol. The van der Waals surface area contributed by atoms with E-state index in [2.05, 4.69) is 387 Å². The summed E-state index contributed by atoms with van der Waals surface area (Å²) in [6, 6.07) is 109. The first-order valence-corrected chi connectivity index (χ1v) is 35.4. The molecule has 0 amide bonds. The van der Waals surface area contributed by atoms with E-state index in [1.807, 2.05) is 0 Å². The van der Waals surface area contributed by atoms with Crippen molar-refractivity contribution in [3.63, 3.8) is 0 Å². The zero-order valence-corrected chi connectivity index (χ0v) is 59.0. The Morgan fingerprint density at radius 2 is 0.677 bits per heavy atom. The van der Waals surface area contributed by atoms with Crippen molar-refractivity contribution < 1.29 is 0 Å². The van der Waals surface area contributed by atoms with Crippen LogP contribution in [0.4, 0.5) is 34.1 Å². The van der Waals surface area contributed by atoms with Crippen LogP contribution in [-0.4, -0.2) is 15.8 Å². The highest BCUT2D eigenvalue weighted by atomic mass is 15.2. The average Bonchev–Trinajstić information content (AvgIpc) is 1.66. The molecule has 0 bridgehead atoms. The molecule has 99 heavy (non-hydrogen) atoms. The van der Waals surface area contributed by atoms with E-state index < -0.39 is 0 Å². The minimum atomic E-state index is -0.257. The highest BCUT2D eigenvalue weighted by molar-refractivity contribution is 7.02. The summed E-state index contributed by atoms with van der Waals surface area (Å²) in [5.41, 5.74) is 31.8. The van der Waals surface area contributed by atoms with Gasteiger partial charge in [0.15, 0.2) is 0 Å². The van der Waals surface area contributed by atoms with E-state index in [-0.39, 0.29) is 28.4 Å². The Hall–Kier alpha value is -10.9. The molecular weight excluding hydrogens is 1200 g/mol. The molecule has 0 saturated heterocycles. The van der Waals surface area contributed by atoms with Crippen molar-refractivity contribution in [2.75, 3.05) is 9.80 Å². The molecular formula is C94H83BN4. The van der Waals surface area contributed by atoms with Crippen molar-refractivity contribution in [2.24, 2.45) is 0 Å². The van der Waals surface area contributed by atoms with Gasteiger partial charge in [0.1, 0.15) is 0 Å². The number of benzene rings is 13. The molecule has 482 valence electrons. The van der Waals surface area contributed by atoms with Crippen LogP contribution in [0.2, 0.25) is 0 Å². The van der Waals surface area contributed by atoms with Gasteiger partial charge in [-0.15, -0.1) is 0 Å². The van der Waals surface area contributed by atoms with Crippen molar-refractivity contribution in [3.8, 4) is 55.9 Å². The van der Waals surface area contributed by atoms with E-state index >= 15 is 0 Å². The SMILES string of the molecule is CC(C)(C)c1ccc(-c2cccc(-c3ccc(C(C)(C)C)cc3)c2-n2c3ccc(C(C)(C)C)cc3c3c4c(ccc32)N(c2ccccc2-c2ccccc2)c2cc(C(C)(C)C)cc3c2B4c2ccc(-n4c5ccccc5c5ccccc54)cc2N3c2ccccc2-c2ccccc2)cc1. The fraction of sp³-hybridized carbons (Fsp3) is 0.170. The van der Waals surface area contributed by atoms with Gasteiger partial charge in [-0.25, -0.2) is 0 Å². The number of para-hydroxylation sites is 5. The topological polar surface area (TPSA) is 16.3 Å². The van der Waals surface area contributed by atoms with Crippen LogP contribution in [0.1, 0.15) is 105 Å². The Balaban J connectivity index is 1.06. The van der Waals surface area contributed by atoms with Crippen molar-refractivity contribution >= 4 is 101 Å². The van der Waals surface area contributed by atoms with Gasteiger partial charge < -0.3 is 18.9 Å². The van der Waals surface area contributed by atoms with Crippen LogP contribution in [0, 0.1) is 0 Å². The van der Waals surface area contributed by atoms with Gasteiger partial charge in [0.05, 0.1) is 39.1 Å². The number of fused-ring (bicyclic) bond motifs is 11. The number of rotatable bonds is 8. The lowest BCUT2D eigenvalue weighted by Gasteiger charge is -2.46. The fourth-order valence-electron chi connectivity index (χ4n) is 16.2. The van der Waals surface area contributed by atoms with Gasteiger partial charge in [0.25, 0.3) is 6.71 Å². The maximum atomic E-state index is 2.67. The van der Waals surface area contributed by atoms with Crippen molar-refractivity contribution in [1.82, 2.24) is 9.13 Å². The summed E-state index contributed by atoms with van der Waals surface area (Å²) >= 11 is 0. The first-order chi connectivity index (χ1) is 47.7. The van der Waals surface area contributed by atoms with Crippen molar-refractivity contribution in [3.05, 3.63) is 307 Å². The average molecular weight is 1280 g/mol. The molecule has 5 heteroatoms. The molecule has 0 N–H and O–H groups in total. The molecule has 0 spiro atoms. The zero-order valence-electron chi connectivity index (χ0n) is 59.0. The molecule has 0 unspecified atom stereocenters. The first kappa shape index (κ1) is 61.7. The molecule has 0 radical (unpaired) electrons. The van der Waals surface area contributed by atoms with Gasteiger partial charge in [-0.3, -0.25) is 0 Å². The molecule has 13 aromatic carbocycles. The molecule has 0 fully saturated rings. The molecule has 2 aliphatic rings. The summed E-state index contributed by atoms with van der Waals surface area (Å²) < 4.78 is 5.16. The standard InChI is InChI=1S/C94H83BN4/c1-91(2,3)64-46-42-62(43-47-64)71-36-27-37-72(63-44-48-65(49-45-63)92(4,5)6)90(71)99-81-53-50-66(93(7,8)9)56-75(81)87-82(99)54-55-83-89(87)95-76-52-51-68(96-79-40-25-21-34-73(79)74-35-22-26-41-80(74)96)59-84(76)98(78-39-24-20-33-70(78)61-30-17-14-18-31-61)86-58-67(94(10,11)12)57-85(88(86)95)97(83)77-38-23-19-32-69(77)60-28-15-13-16-29-60/h13-59H,1-12H3. The third-order valence-electron chi connectivity index (χ3n) is 21.4. The van der Waals surface area contributed by atoms with Crippen LogP contribution >= 0.6 is 0 Å². The summed E-state index contributed by atoms with van der Waals surface area (Å²) in [6.07, 6.45) is 0. The maximum absolute atomic E-state index is 2.67. The molecule has 2 aliphatic heterocycles. The van der Waals surface area contributed by atoms with Crippen molar-refractivity contribution in [2.45, 2.75) is 105 Å². The van der Waals surface area contributed by atoms with Gasteiger partial charge in [-0.05, 0) is 155 Å². The molecule has 2 aromatic heterocycles. The lowest BCUT2D eigenvalue weighted by molar-refractivity contribution is 0.590. The molecule has 4 nitrogen and oxygen atoms in total. The number of aromatic nitrogens is 2. The summed E-state index contributed by atoms with van der Waals surface area (Å²) in [6.45, 7) is 27.8. The number of nitrogens with zero attached hydrogens (tertiary/aromatic N) is 4. The van der Waals surface area contributed by atoms with Crippen LogP contribution in [0.25, 0.3) is 99.5 Å². The Bertz CT molecular complexity index is 5570. The Morgan fingerprint density at radius 3 is 1.19 bits per heavy atom. The Morgan fingerprint density at radius 1 is 0.253 bits per heavy atom. The second kappa shape index (κ2) is 22.9. The smallest absolute Gasteiger partial charge is 0.253 e. The predicted octanol–water partition coefficient (Wildman–Crippen LogP) is 23.8. The number of anilines is 6. The normalized spacial score (nSPS) is 13.2. The first-order valence-electron chi connectivity index (χ1n) is 35.4. The molecule has 4 heterocycles. The van der Waals surface area contributed by atoms with Gasteiger partial charge in [0.2, 0.25) is 0 Å². The van der Waals surface area contributed by atoms with Crippen LogP contribution in [0.15, 0.2) is 285 Å². The Kier molecular flexibility index (Phi) is 14.2. The molecule has 15 aromatic rings. The molecule has 0 atom stereocenters. The summed E-state index contributed by atoms with van der Waals surface area (Å²) in [5.74, 6) is 0. The highest BCUT2D eigenvalue weighted by Gasteiger charge is 2.47. The van der Waals surface area contributed by atoms with E-state index in [0.29, 0.717) is 0 Å².